The molecule has 0 saturated carbocycles. The molecule has 7 nitrogen and oxygen atoms in total. The molecule has 1 heterocycles. The lowest BCUT2D eigenvalue weighted by molar-refractivity contribution is -0.384. The van der Waals surface area contributed by atoms with Gasteiger partial charge in [-0.25, -0.2) is 4.98 Å². The summed E-state index contributed by atoms with van der Waals surface area (Å²) < 4.78 is 1.76. The number of amides is 1. The third kappa shape index (κ3) is 4.62. The molecule has 154 valence electrons. The summed E-state index contributed by atoms with van der Waals surface area (Å²) >= 11 is 3.49. The molecule has 0 unspecified atom stereocenters. The second kappa shape index (κ2) is 8.90. The number of thiazole rings is 1. The Balaban J connectivity index is 1.75. The number of rotatable bonds is 5. The molecular weight excluding hydrogens is 527 g/mol. The number of nitro benzene ring substituents is 1. The van der Waals surface area contributed by atoms with Gasteiger partial charge in [-0.2, -0.15) is 10.1 Å². The van der Waals surface area contributed by atoms with Gasteiger partial charge in [0.1, 0.15) is 0 Å². The van der Waals surface area contributed by atoms with Crippen LogP contribution >= 0.6 is 33.9 Å². The van der Waals surface area contributed by atoms with Crippen molar-refractivity contribution in [2.24, 2.45) is 5.10 Å². The first-order valence-corrected chi connectivity index (χ1v) is 11.1. The van der Waals surface area contributed by atoms with Crippen LogP contribution in [0.15, 0.2) is 71.8 Å². The molecule has 0 radical (unpaired) electrons. The van der Waals surface area contributed by atoms with E-state index in [4.69, 9.17) is 0 Å². The first kappa shape index (κ1) is 21.1. The van der Waals surface area contributed by atoms with Crippen LogP contribution in [-0.4, -0.2) is 22.0 Å². The van der Waals surface area contributed by atoms with Gasteiger partial charge in [-0.05, 0) is 77.0 Å². The Morgan fingerprint density at radius 3 is 2.61 bits per heavy atom. The second-order valence-electron chi connectivity index (χ2n) is 6.66. The third-order valence-electron chi connectivity index (χ3n) is 4.44. The molecule has 0 aliphatic carbocycles. The first-order chi connectivity index (χ1) is 14.9. The molecule has 1 amide bonds. The Morgan fingerprint density at radius 2 is 1.90 bits per heavy atom. The third-order valence-corrected chi connectivity index (χ3v) is 6.37. The number of aryl methyl sites for hydroxylation is 1. The van der Waals surface area contributed by atoms with Crippen LogP contribution in [0.25, 0.3) is 10.2 Å². The zero-order chi connectivity index (χ0) is 22.0. The predicted octanol–water partition coefficient (Wildman–Crippen LogP) is 5.80. The molecule has 4 rings (SSSR count). The van der Waals surface area contributed by atoms with Crippen LogP contribution in [0.5, 0.6) is 0 Å². The van der Waals surface area contributed by atoms with Crippen LogP contribution in [-0.2, 0) is 0 Å². The number of halogens is 1. The number of non-ortho nitro benzene ring substituents is 1. The number of hydrazone groups is 1. The van der Waals surface area contributed by atoms with E-state index in [9.17, 15) is 14.9 Å². The molecule has 0 spiro atoms. The normalized spacial score (nSPS) is 11.2. The van der Waals surface area contributed by atoms with Crippen LogP contribution in [0.4, 0.5) is 10.8 Å². The molecule has 0 N–H and O–H groups in total. The van der Waals surface area contributed by atoms with Gasteiger partial charge in [-0.3, -0.25) is 14.9 Å². The Labute approximate surface area is 195 Å². The molecule has 0 saturated heterocycles. The van der Waals surface area contributed by atoms with Crippen molar-refractivity contribution < 1.29 is 9.72 Å². The highest BCUT2D eigenvalue weighted by Gasteiger charge is 2.22. The Hall–Kier alpha value is -3.18. The Bertz CT molecular complexity index is 1320. The molecule has 0 aliphatic rings. The SMILES string of the molecule is Cc1ccc2nc(N(/N=C/c3ccc([N+](=O)[O-])cc3)C(=O)c3ccccc3I)sc2c1. The zero-order valence-corrected chi connectivity index (χ0v) is 19.2. The molecule has 0 atom stereocenters. The highest BCUT2D eigenvalue weighted by atomic mass is 127. The van der Waals surface area contributed by atoms with Gasteiger partial charge in [0.05, 0.1) is 26.9 Å². The van der Waals surface area contributed by atoms with E-state index < -0.39 is 4.92 Å². The Kier molecular flexibility index (Phi) is 6.05. The van der Waals surface area contributed by atoms with Crippen LogP contribution in [0, 0.1) is 20.6 Å². The first-order valence-electron chi connectivity index (χ1n) is 9.17. The standard InChI is InChI=1S/C22H15IN4O3S/c1-14-6-11-19-20(12-14)31-22(25-19)26(21(28)17-4-2-3-5-18(17)23)24-13-15-7-9-16(10-8-15)27(29)30/h2-13H,1H3/b24-13+. The van der Waals surface area contributed by atoms with Crippen molar-refractivity contribution in [3.8, 4) is 0 Å². The van der Waals surface area contributed by atoms with Crippen LogP contribution in [0.3, 0.4) is 0 Å². The van der Waals surface area contributed by atoms with Gasteiger partial charge in [0.25, 0.3) is 11.6 Å². The zero-order valence-electron chi connectivity index (χ0n) is 16.2. The number of fused-ring (bicyclic) bond motifs is 1. The fraction of sp³-hybridized carbons (Fsp3) is 0.0455. The van der Waals surface area contributed by atoms with E-state index in [1.165, 1.54) is 34.7 Å². The van der Waals surface area contributed by atoms with E-state index in [0.29, 0.717) is 16.3 Å². The lowest BCUT2D eigenvalue weighted by Crippen LogP contribution is -2.26. The highest BCUT2D eigenvalue weighted by molar-refractivity contribution is 14.1. The molecule has 9 heteroatoms. The smallest absolute Gasteiger partial charge is 0.267 e. The summed E-state index contributed by atoms with van der Waals surface area (Å²) in [7, 11) is 0. The maximum atomic E-state index is 13.4. The minimum atomic E-state index is -0.461. The van der Waals surface area contributed by atoms with Gasteiger partial charge in [0, 0.05) is 15.7 Å². The number of anilines is 1. The fourth-order valence-corrected chi connectivity index (χ4v) is 4.49. The lowest BCUT2D eigenvalue weighted by atomic mass is 10.2. The summed E-state index contributed by atoms with van der Waals surface area (Å²) in [6.07, 6.45) is 1.49. The van der Waals surface area contributed by atoms with Crippen molar-refractivity contribution in [1.82, 2.24) is 4.98 Å². The van der Waals surface area contributed by atoms with Crippen LogP contribution in [0.2, 0.25) is 0 Å². The monoisotopic (exact) mass is 542 g/mol. The number of carbonyl (C=O) groups excluding carboxylic acids is 1. The maximum absolute atomic E-state index is 13.4. The molecule has 0 fully saturated rings. The minimum Gasteiger partial charge on any atom is -0.267 e. The van der Waals surface area contributed by atoms with Gasteiger partial charge >= 0.3 is 0 Å². The van der Waals surface area contributed by atoms with Crippen molar-refractivity contribution in [3.63, 3.8) is 0 Å². The summed E-state index contributed by atoms with van der Waals surface area (Å²) in [6, 6.07) is 19.1. The summed E-state index contributed by atoms with van der Waals surface area (Å²) in [5, 5.41) is 17.0. The largest absolute Gasteiger partial charge is 0.281 e. The number of carbonyl (C=O) groups is 1. The van der Waals surface area contributed by atoms with Gasteiger partial charge < -0.3 is 0 Å². The van der Waals surface area contributed by atoms with E-state index in [1.54, 1.807) is 24.3 Å². The van der Waals surface area contributed by atoms with Gasteiger partial charge in [0.15, 0.2) is 0 Å². The molecule has 31 heavy (non-hydrogen) atoms. The molecule has 4 aromatic rings. The van der Waals surface area contributed by atoms with Gasteiger partial charge in [-0.1, -0.05) is 29.5 Å². The predicted molar refractivity (Wildman–Crippen MR) is 131 cm³/mol. The summed E-state index contributed by atoms with van der Waals surface area (Å²) in [4.78, 5) is 28.4. The topological polar surface area (TPSA) is 88.7 Å². The number of nitrogens with zero attached hydrogens (tertiary/aromatic N) is 4. The van der Waals surface area contributed by atoms with Crippen molar-refractivity contribution in [2.75, 3.05) is 5.01 Å². The number of hydrogen-bond acceptors (Lipinski definition) is 6. The molecular formula is C22H15IN4O3S. The molecule has 3 aromatic carbocycles. The maximum Gasteiger partial charge on any atom is 0.281 e. The van der Waals surface area contributed by atoms with Crippen molar-refractivity contribution in [3.05, 3.63) is 97.1 Å². The summed E-state index contributed by atoms with van der Waals surface area (Å²) in [6.45, 7) is 2.00. The summed E-state index contributed by atoms with van der Waals surface area (Å²) in [5.74, 6) is -0.307. The van der Waals surface area contributed by atoms with E-state index in [1.807, 2.05) is 37.3 Å². The van der Waals surface area contributed by atoms with Gasteiger partial charge in [-0.15, -0.1) is 0 Å². The molecule has 1 aromatic heterocycles. The summed E-state index contributed by atoms with van der Waals surface area (Å²) in [5.41, 5.74) is 3.03. The van der Waals surface area contributed by atoms with Crippen LogP contribution < -0.4 is 5.01 Å². The van der Waals surface area contributed by atoms with Crippen LogP contribution in [0.1, 0.15) is 21.5 Å². The minimum absolute atomic E-state index is 0.00883. The fourth-order valence-electron chi connectivity index (χ4n) is 2.85. The van der Waals surface area contributed by atoms with Crippen molar-refractivity contribution >= 4 is 67.1 Å². The number of nitro groups is 1. The number of hydrogen-bond donors (Lipinski definition) is 0. The molecule has 0 aliphatic heterocycles. The van der Waals surface area contributed by atoms with E-state index >= 15 is 0 Å². The Morgan fingerprint density at radius 1 is 1.16 bits per heavy atom. The quantitative estimate of drug-likeness (QED) is 0.138. The van der Waals surface area contributed by atoms with E-state index in [-0.39, 0.29) is 11.6 Å². The lowest BCUT2D eigenvalue weighted by Gasteiger charge is -2.14. The van der Waals surface area contributed by atoms with Crippen molar-refractivity contribution in [1.29, 1.82) is 0 Å². The second-order valence-corrected chi connectivity index (χ2v) is 8.83. The van der Waals surface area contributed by atoms with E-state index in [2.05, 4.69) is 32.7 Å². The van der Waals surface area contributed by atoms with Crippen molar-refractivity contribution in [2.45, 2.75) is 6.92 Å². The average Bonchev–Trinajstić information content (AvgIpc) is 3.17. The van der Waals surface area contributed by atoms with Gasteiger partial charge in [0.2, 0.25) is 5.13 Å². The number of aromatic nitrogens is 1. The molecule has 0 bridgehead atoms. The highest BCUT2D eigenvalue weighted by Crippen LogP contribution is 2.31. The van der Waals surface area contributed by atoms with E-state index in [0.717, 1.165) is 19.4 Å². The number of benzene rings is 3. The average molecular weight is 542 g/mol.